The van der Waals surface area contributed by atoms with E-state index in [4.69, 9.17) is 9.73 Å². The van der Waals surface area contributed by atoms with E-state index in [0.29, 0.717) is 6.54 Å². The first-order valence-electron chi connectivity index (χ1n) is 10.8. The standard InChI is InChI=1S/C24H32N4O3/c1-16-6-7-19-18(12-16)14-28-13-17(2)21(31-5)20(28)22(25-19)27-10-8-26(9-11-27)15-24(3,4)23(29)30/h6-7,12-13H,8-11,14-15H2,1-5H3,(H,29,30). The van der Waals surface area contributed by atoms with Crippen LogP contribution in [0.5, 0.6) is 5.75 Å². The molecule has 3 heterocycles. The Morgan fingerprint density at radius 2 is 1.90 bits per heavy atom. The van der Waals surface area contributed by atoms with Gasteiger partial charge in [0, 0.05) is 51.0 Å². The van der Waals surface area contributed by atoms with Crippen LogP contribution < -0.4 is 4.74 Å². The first-order valence-corrected chi connectivity index (χ1v) is 10.8. The molecular formula is C24H32N4O3. The van der Waals surface area contributed by atoms with Crippen molar-refractivity contribution in [1.29, 1.82) is 0 Å². The van der Waals surface area contributed by atoms with E-state index in [1.807, 2.05) is 0 Å². The summed E-state index contributed by atoms with van der Waals surface area (Å²) >= 11 is 0. The second-order valence-electron chi connectivity index (χ2n) is 9.34. The van der Waals surface area contributed by atoms with E-state index in [0.717, 1.165) is 61.3 Å². The number of aliphatic imine (C=N–C) groups is 1. The van der Waals surface area contributed by atoms with Gasteiger partial charge < -0.3 is 19.3 Å². The molecule has 0 spiro atoms. The van der Waals surface area contributed by atoms with Crippen LogP contribution in [-0.4, -0.2) is 71.1 Å². The number of carboxylic acid groups (broad SMARTS) is 1. The Bertz CT molecular complexity index is 1030. The summed E-state index contributed by atoms with van der Waals surface area (Å²) in [6, 6.07) is 6.41. The molecule has 7 nitrogen and oxygen atoms in total. The third-order valence-corrected chi connectivity index (χ3v) is 6.30. The van der Waals surface area contributed by atoms with Gasteiger partial charge in [0.25, 0.3) is 0 Å². The van der Waals surface area contributed by atoms with Crippen LogP contribution >= 0.6 is 0 Å². The third kappa shape index (κ3) is 4.06. The van der Waals surface area contributed by atoms with Gasteiger partial charge in [-0.1, -0.05) is 17.7 Å². The number of aromatic nitrogens is 1. The topological polar surface area (TPSA) is 70.3 Å². The largest absolute Gasteiger partial charge is 0.494 e. The number of ether oxygens (including phenoxy) is 1. The molecule has 7 heteroatoms. The molecule has 0 aliphatic carbocycles. The van der Waals surface area contributed by atoms with Gasteiger partial charge in [-0.2, -0.15) is 0 Å². The Morgan fingerprint density at radius 3 is 2.55 bits per heavy atom. The molecule has 1 aromatic heterocycles. The van der Waals surface area contributed by atoms with Crippen LogP contribution in [0.15, 0.2) is 29.4 Å². The molecule has 2 aliphatic rings. The normalized spacial score (nSPS) is 16.9. The predicted molar refractivity (Wildman–Crippen MR) is 122 cm³/mol. The second kappa shape index (κ2) is 8.04. The smallest absolute Gasteiger partial charge is 0.310 e. The first-order chi connectivity index (χ1) is 14.7. The van der Waals surface area contributed by atoms with Gasteiger partial charge in [0.05, 0.1) is 18.2 Å². The molecule has 0 amide bonds. The van der Waals surface area contributed by atoms with E-state index < -0.39 is 11.4 Å². The second-order valence-corrected chi connectivity index (χ2v) is 9.34. The Morgan fingerprint density at radius 1 is 1.19 bits per heavy atom. The molecule has 4 rings (SSSR count). The SMILES string of the molecule is COc1c(C)cn2c1C(N1CCN(CC(C)(C)C(=O)O)CC1)=Nc1ccc(C)cc1C2. The van der Waals surface area contributed by atoms with Crippen LogP contribution in [0.25, 0.3) is 0 Å². The molecule has 0 atom stereocenters. The lowest BCUT2D eigenvalue weighted by molar-refractivity contribution is -0.148. The number of piperazine rings is 1. The monoisotopic (exact) mass is 424 g/mol. The average Bonchev–Trinajstić information content (AvgIpc) is 2.93. The van der Waals surface area contributed by atoms with E-state index in [1.165, 1.54) is 11.1 Å². The fourth-order valence-electron chi connectivity index (χ4n) is 4.55. The van der Waals surface area contributed by atoms with Crippen LogP contribution in [0.4, 0.5) is 5.69 Å². The number of carbonyl (C=O) groups is 1. The Balaban J connectivity index is 1.66. The van der Waals surface area contributed by atoms with Gasteiger partial charge in [-0.3, -0.25) is 9.69 Å². The third-order valence-electron chi connectivity index (χ3n) is 6.30. The maximum Gasteiger partial charge on any atom is 0.310 e. The summed E-state index contributed by atoms with van der Waals surface area (Å²) in [6.07, 6.45) is 2.15. The predicted octanol–water partition coefficient (Wildman–Crippen LogP) is 3.28. The van der Waals surface area contributed by atoms with E-state index in [9.17, 15) is 9.90 Å². The summed E-state index contributed by atoms with van der Waals surface area (Å²) in [7, 11) is 1.72. The summed E-state index contributed by atoms with van der Waals surface area (Å²) in [5.41, 5.74) is 4.79. The molecule has 0 bridgehead atoms. The number of aryl methyl sites for hydroxylation is 2. The minimum atomic E-state index is -0.756. The number of hydrogen-bond donors (Lipinski definition) is 1. The Hall–Kier alpha value is -2.80. The average molecular weight is 425 g/mol. The molecule has 0 unspecified atom stereocenters. The maximum absolute atomic E-state index is 11.5. The van der Waals surface area contributed by atoms with Gasteiger partial charge >= 0.3 is 5.97 Å². The van der Waals surface area contributed by atoms with E-state index in [2.05, 4.69) is 52.6 Å². The minimum Gasteiger partial charge on any atom is -0.494 e. The number of fused-ring (bicyclic) bond motifs is 2. The molecule has 1 fully saturated rings. The van der Waals surface area contributed by atoms with E-state index in [-0.39, 0.29) is 0 Å². The minimum absolute atomic E-state index is 0.545. The molecule has 2 aliphatic heterocycles. The van der Waals surface area contributed by atoms with Crippen molar-refractivity contribution in [3.05, 3.63) is 46.8 Å². The van der Waals surface area contributed by atoms with E-state index >= 15 is 0 Å². The van der Waals surface area contributed by atoms with Crippen molar-refractivity contribution in [3.63, 3.8) is 0 Å². The first kappa shape index (κ1) is 21.4. The summed E-state index contributed by atoms with van der Waals surface area (Å²) in [6.45, 7) is 12.3. The molecule has 1 aromatic carbocycles. The van der Waals surface area contributed by atoms with Crippen LogP contribution in [-0.2, 0) is 11.3 Å². The van der Waals surface area contributed by atoms with Crippen molar-refractivity contribution in [2.75, 3.05) is 39.8 Å². The highest BCUT2D eigenvalue weighted by atomic mass is 16.5. The molecule has 0 saturated carbocycles. The number of aliphatic carboxylic acids is 1. The fourth-order valence-corrected chi connectivity index (χ4v) is 4.55. The maximum atomic E-state index is 11.5. The van der Waals surface area contributed by atoms with Crippen LogP contribution in [0.2, 0.25) is 0 Å². The van der Waals surface area contributed by atoms with Crippen LogP contribution in [0.1, 0.15) is 36.2 Å². The van der Waals surface area contributed by atoms with Gasteiger partial charge in [0.15, 0.2) is 11.6 Å². The van der Waals surface area contributed by atoms with Crippen molar-refractivity contribution >= 4 is 17.5 Å². The van der Waals surface area contributed by atoms with Crippen molar-refractivity contribution in [2.45, 2.75) is 34.2 Å². The van der Waals surface area contributed by atoms with Crippen LogP contribution in [0, 0.1) is 19.3 Å². The highest BCUT2D eigenvalue weighted by Crippen LogP contribution is 2.34. The Labute approximate surface area is 183 Å². The fraction of sp³-hybridized carbons (Fsp3) is 0.500. The van der Waals surface area contributed by atoms with Crippen molar-refractivity contribution in [1.82, 2.24) is 14.4 Å². The number of amidine groups is 1. The van der Waals surface area contributed by atoms with Crippen molar-refractivity contribution in [2.24, 2.45) is 10.4 Å². The molecular weight excluding hydrogens is 392 g/mol. The summed E-state index contributed by atoms with van der Waals surface area (Å²) in [4.78, 5) is 21.2. The zero-order valence-electron chi connectivity index (χ0n) is 19.1. The number of nitrogens with zero attached hydrogens (tertiary/aromatic N) is 4. The molecule has 1 saturated heterocycles. The van der Waals surface area contributed by atoms with Crippen molar-refractivity contribution < 1.29 is 14.6 Å². The van der Waals surface area contributed by atoms with Gasteiger partial charge in [0.1, 0.15) is 5.69 Å². The molecule has 31 heavy (non-hydrogen) atoms. The zero-order chi connectivity index (χ0) is 22.3. The number of carboxylic acids is 1. The highest BCUT2D eigenvalue weighted by Gasteiger charge is 2.33. The number of benzene rings is 1. The molecule has 2 aromatic rings. The number of methoxy groups -OCH3 is 1. The summed E-state index contributed by atoms with van der Waals surface area (Å²) in [5.74, 6) is 1.05. The van der Waals surface area contributed by atoms with Crippen LogP contribution in [0.3, 0.4) is 0 Å². The summed E-state index contributed by atoms with van der Waals surface area (Å²) in [5, 5.41) is 9.47. The summed E-state index contributed by atoms with van der Waals surface area (Å²) < 4.78 is 8.04. The lowest BCUT2D eigenvalue weighted by Crippen LogP contribution is -2.52. The van der Waals surface area contributed by atoms with Gasteiger partial charge in [-0.15, -0.1) is 0 Å². The number of hydrogen-bond acceptors (Lipinski definition) is 5. The lowest BCUT2D eigenvalue weighted by Gasteiger charge is -2.39. The number of rotatable bonds is 4. The quantitative estimate of drug-likeness (QED) is 0.816. The highest BCUT2D eigenvalue weighted by molar-refractivity contribution is 6.02. The zero-order valence-corrected chi connectivity index (χ0v) is 19.1. The molecule has 0 radical (unpaired) electrons. The van der Waals surface area contributed by atoms with E-state index in [1.54, 1.807) is 21.0 Å². The van der Waals surface area contributed by atoms with Gasteiger partial charge in [-0.25, -0.2) is 4.99 Å². The van der Waals surface area contributed by atoms with Gasteiger partial charge in [0.2, 0.25) is 0 Å². The Kier molecular flexibility index (Phi) is 5.56. The van der Waals surface area contributed by atoms with Gasteiger partial charge in [-0.05, 0) is 39.3 Å². The van der Waals surface area contributed by atoms with Crippen molar-refractivity contribution in [3.8, 4) is 5.75 Å². The molecule has 166 valence electrons. The molecule has 1 N–H and O–H groups in total. The lowest BCUT2D eigenvalue weighted by atomic mass is 9.93.